The Morgan fingerprint density at radius 1 is 0.900 bits per heavy atom. The van der Waals surface area contributed by atoms with Crippen LogP contribution in [-0.2, 0) is 14.3 Å². The maximum absolute atomic E-state index is 11.9. The van der Waals surface area contributed by atoms with Crippen molar-refractivity contribution in [1.29, 1.82) is 0 Å². The van der Waals surface area contributed by atoms with Gasteiger partial charge in [-0.2, -0.15) is 0 Å². The molecule has 0 N–H and O–H groups in total. The molecular formula is C14H17NO5. The van der Waals surface area contributed by atoms with Crippen LogP contribution < -0.4 is 0 Å². The van der Waals surface area contributed by atoms with E-state index in [9.17, 15) is 9.59 Å². The molecule has 0 bridgehead atoms. The molecule has 0 aliphatic carbocycles. The van der Waals surface area contributed by atoms with E-state index >= 15 is 0 Å². The van der Waals surface area contributed by atoms with Gasteiger partial charge in [0.05, 0.1) is 37.6 Å². The maximum Gasteiger partial charge on any atom is 0.285 e. The molecule has 1 aromatic rings. The number of ether oxygens (including phenoxy) is 2. The zero-order chi connectivity index (χ0) is 14.4. The van der Waals surface area contributed by atoms with Crippen molar-refractivity contribution in [2.24, 2.45) is 0 Å². The topological polar surface area (TPSA) is 65.1 Å². The fourth-order valence-corrected chi connectivity index (χ4v) is 1.84. The Kier molecular flexibility index (Phi) is 5.23. The van der Waals surface area contributed by atoms with Crippen LogP contribution in [0.15, 0.2) is 24.3 Å². The number of nitrogens with zero attached hydrogens (tertiary/aromatic N) is 1. The molecule has 1 aromatic carbocycles. The quantitative estimate of drug-likeness (QED) is 0.529. The van der Waals surface area contributed by atoms with E-state index < -0.39 is 11.8 Å². The molecule has 1 heterocycles. The summed E-state index contributed by atoms with van der Waals surface area (Å²) in [6.07, 6.45) is 0. The highest BCUT2D eigenvalue weighted by Gasteiger charge is 2.36. The minimum Gasteiger partial charge on any atom is -0.379 e. The van der Waals surface area contributed by atoms with Crippen LogP contribution in [0.1, 0.15) is 27.6 Å². The minimum absolute atomic E-state index is 0.137. The molecule has 2 amide bonds. The van der Waals surface area contributed by atoms with Crippen molar-refractivity contribution < 1.29 is 23.9 Å². The molecule has 0 fully saturated rings. The lowest BCUT2D eigenvalue weighted by molar-refractivity contribution is -0.107. The second kappa shape index (κ2) is 7.14. The van der Waals surface area contributed by atoms with E-state index in [4.69, 9.17) is 14.3 Å². The Labute approximate surface area is 117 Å². The standard InChI is InChI=1S/C14H17NO5/c1-2-18-7-8-19-9-10-20-15-13(16)11-5-3-4-6-12(11)14(15)17/h3-6H,2,7-10H2,1H3. The van der Waals surface area contributed by atoms with Gasteiger partial charge >= 0.3 is 0 Å². The molecule has 1 aliphatic rings. The smallest absolute Gasteiger partial charge is 0.285 e. The molecule has 0 radical (unpaired) electrons. The first-order valence-electron chi connectivity index (χ1n) is 6.52. The van der Waals surface area contributed by atoms with Crippen molar-refractivity contribution in [2.75, 3.05) is 33.0 Å². The highest BCUT2D eigenvalue weighted by molar-refractivity contribution is 6.20. The second-order valence-electron chi connectivity index (χ2n) is 4.09. The first kappa shape index (κ1) is 14.6. The van der Waals surface area contributed by atoms with E-state index in [2.05, 4.69) is 0 Å². The maximum atomic E-state index is 11.9. The summed E-state index contributed by atoms with van der Waals surface area (Å²) in [4.78, 5) is 29.0. The van der Waals surface area contributed by atoms with Crippen molar-refractivity contribution in [2.45, 2.75) is 6.92 Å². The molecule has 0 saturated carbocycles. The van der Waals surface area contributed by atoms with Crippen molar-refractivity contribution in [1.82, 2.24) is 5.06 Å². The Hall–Kier alpha value is -1.76. The molecule has 108 valence electrons. The van der Waals surface area contributed by atoms with Crippen molar-refractivity contribution in [3.05, 3.63) is 35.4 Å². The van der Waals surface area contributed by atoms with Crippen LogP contribution in [0.5, 0.6) is 0 Å². The lowest BCUT2D eigenvalue weighted by atomic mass is 10.1. The highest BCUT2D eigenvalue weighted by Crippen LogP contribution is 2.22. The van der Waals surface area contributed by atoms with Gasteiger partial charge in [0, 0.05) is 6.61 Å². The lowest BCUT2D eigenvalue weighted by Gasteiger charge is -2.13. The van der Waals surface area contributed by atoms with E-state index in [0.29, 0.717) is 37.6 Å². The third kappa shape index (κ3) is 3.22. The van der Waals surface area contributed by atoms with E-state index in [1.807, 2.05) is 6.92 Å². The third-order valence-corrected chi connectivity index (χ3v) is 2.78. The summed E-state index contributed by atoms with van der Waals surface area (Å²) >= 11 is 0. The molecule has 1 aliphatic heterocycles. The number of hydrogen-bond acceptors (Lipinski definition) is 5. The predicted octanol–water partition coefficient (Wildman–Crippen LogP) is 1.27. The summed E-state index contributed by atoms with van der Waals surface area (Å²) in [5.74, 6) is -0.861. The SMILES string of the molecule is CCOCCOCCON1C(=O)c2ccccc2C1=O. The zero-order valence-electron chi connectivity index (χ0n) is 11.3. The first-order valence-corrected chi connectivity index (χ1v) is 6.52. The molecule has 0 spiro atoms. The fourth-order valence-electron chi connectivity index (χ4n) is 1.84. The number of hydroxylamine groups is 2. The molecule has 0 unspecified atom stereocenters. The van der Waals surface area contributed by atoms with Gasteiger partial charge in [0.2, 0.25) is 0 Å². The van der Waals surface area contributed by atoms with Crippen molar-refractivity contribution in [3.8, 4) is 0 Å². The Morgan fingerprint density at radius 2 is 1.45 bits per heavy atom. The summed E-state index contributed by atoms with van der Waals surface area (Å²) in [7, 11) is 0. The van der Waals surface area contributed by atoms with Gasteiger partial charge in [-0.25, -0.2) is 0 Å². The average molecular weight is 279 g/mol. The van der Waals surface area contributed by atoms with E-state index in [-0.39, 0.29) is 6.61 Å². The van der Waals surface area contributed by atoms with Crippen LogP contribution in [0.2, 0.25) is 0 Å². The Morgan fingerprint density at radius 3 is 2.05 bits per heavy atom. The van der Waals surface area contributed by atoms with E-state index in [1.54, 1.807) is 24.3 Å². The van der Waals surface area contributed by atoms with Gasteiger partial charge in [-0.3, -0.25) is 14.4 Å². The summed E-state index contributed by atoms with van der Waals surface area (Å²) in [5, 5.41) is 0.788. The largest absolute Gasteiger partial charge is 0.379 e. The van der Waals surface area contributed by atoms with Crippen LogP contribution in [0.25, 0.3) is 0 Å². The highest BCUT2D eigenvalue weighted by atomic mass is 16.7. The van der Waals surface area contributed by atoms with Gasteiger partial charge in [-0.1, -0.05) is 12.1 Å². The van der Waals surface area contributed by atoms with Gasteiger partial charge in [-0.15, -0.1) is 5.06 Å². The van der Waals surface area contributed by atoms with Gasteiger partial charge in [0.15, 0.2) is 0 Å². The molecular weight excluding hydrogens is 262 g/mol. The fraction of sp³-hybridized carbons (Fsp3) is 0.429. The Bertz CT molecular complexity index is 453. The van der Waals surface area contributed by atoms with Crippen LogP contribution in [0.3, 0.4) is 0 Å². The van der Waals surface area contributed by atoms with Crippen LogP contribution in [-0.4, -0.2) is 49.9 Å². The summed E-state index contributed by atoms with van der Waals surface area (Å²) < 4.78 is 10.3. The number of carbonyl (C=O) groups excluding carboxylic acids is 2. The molecule has 20 heavy (non-hydrogen) atoms. The third-order valence-electron chi connectivity index (χ3n) is 2.78. The molecule has 6 nitrogen and oxygen atoms in total. The van der Waals surface area contributed by atoms with Gasteiger partial charge in [0.1, 0.15) is 0 Å². The predicted molar refractivity (Wildman–Crippen MR) is 70.2 cm³/mol. The monoisotopic (exact) mass is 279 g/mol. The first-order chi connectivity index (χ1) is 9.75. The van der Waals surface area contributed by atoms with Crippen LogP contribution in [0, 0.1) is 0 Å². The molecule has 0 aromatic heterocycles. The number of carbonyl (C=O) groups is 2. The number of benzene rings is 1. The van der Waals surface area contributed by atoms with Gasteiger partial charge in [0.25, 0.3) is 11.8 Å². The van der Waals surface area contributed by atoms with E-state index in [1.165, 1.54) is 0 Å². The number of fused-ring (bicyclic) bond motifs is 1. The molecule has 2 rings (SSSR count). The molecule has 0 saturated heterocycles. The number of imide groups is 1. The van der Waals surface area contributed by atoms with Gasteiger partial charge < -0.3 is 9.47 Å². The second-order valence-corrected chi connectivity index (χ2v) is 4.09. The zero-order valence-corrected chi connectivity index (χ0v) is 11.3. The number of hydrogen-bond donors (Lipinski definition) is 0. The van der Waals surface area contributed by atoms with Gasteiger partial charge in [-0.05, 0) is 19.1 Å². The lowest BCUT2D eigenvalue weighted by Crippen LogP contribution is -2.31. The molecule has 0 atom stereocenters. The Balaban J connectivity index is 1.75. The number of rotatable bonds is 8. The molecule has 6 heteroatoms. The average Bonchev–Trinajstić information content (AvgIpc) is 2.71. The summed E-state index contributed by atoms with van der Waals surface area (Å²) in [5.41, 5.74) is 0.740. The van der Waals surface area contributed by atoms with Crippen molar-refractivity contribution in [3.63, 3.8) is 0 Å². The van der Waals surface area contributed by atoms with E-state index in [0.717, 1.165) is 5.06 Å². The number of amides is 2. The summed E-state index contributed by atoms with van der Waals surface area (Å²) in [6, 6.07) is 6.64. The van der Waals surface area contributed by atoms with Crippen molar-refractivity contribution >= 4 is 11.8 Å². The van der Waals surface area contributed by atoms with Crippen LogP contribution in [0.4, 0.5) is 0 Å². The minimum atomic E-state index is -0.431. The normalized spacial score (nSPS) is 13.9. The van der Waals surface area contributed by atoms with Crippen LogP contribution >= 0.6 is 0 Å². The summed E-state index contributed by atoms with van der Waals surface area (Å²) in [6.45, 7) is 3.96.